The van der Waals surface area contributed by atoms with Gasteiger partial charge >= 0.3 is 0 Å². The summed E-state index contributed by atoms with van der Waals surface area (Å²) in [6.45, 7) is 0. The first-order valence-corrected chi connectivity index (χ1v) is 17.3. The molecule has 1 N–H and O–H groups in total. The number of nitrogens with zero attached hydrogens (tertiary/aromatic N) is 1. The van der Waals surface area contributed by atoms with Crippen molar-refractivity contribution >= 4 is 56.1 Å². The molecule has 0 bridgehead atoms. The van der Waals surface area contributed by atoms with E-state index >= 15 is 0 Å². The number of thioether (sulfide) groups is 1. The van der Waals surface area contributed by atoms with Gasteiger partial charge in [-0.25, -0.2) is 0 Å². The van der Waals surface area contributed by atoms with E-state index < -0.39 is 0 Å². The smallest absolute Gasteiger partial charge is 0.103 e. The van der Waals surface area contributed by atoms with Gasteiger partial charge in [-0.15, -0.1) is 0 Å². The zero-order valence-electron chi connectivity index (χ0n) is 26.3. The number of nitrogens with one attached hydrogen (secondary N) is 1. The lowest BCUT2D eigenvalue weighted by Crippen LogP contribution is -2.09. The van der Waals surface area contributed by atoms with Crippen LogP contribution in [0.4, 0.5) is 22.7 Å². The Balaban J connectivity index is 1.08. The third kappa shape index (κ3) is 5.19. The Morgan fingerprint density at radius 1 is 0.438 bits per heavy atom. The summed E-state index contributed by atoms with van der Waals surface area (Å²) in [7, 11) is 0. The predicted octanol–water partition coefficient (Wildman–Crippen LogP) is 13.0. The van der Waals surface area contributed by atoms with E-state index in [0.717, 1.165) is 17.1 Å². The highest BCUT2D eigenvalue weighted by molar-refractivity contribution is 8.00. The molecule has 0 spiro atoms. The summed E-state index contributed by atoms with van der Waals surface area (Å²) < 4.78 is 0. The van der Waals surface area contributed by atoms with Gasteiger partial charge in [0.25, 0.3) is 0 Å². The molecule has 0 amide bonds. The molecule has 2 nitrogen and oxygen atoms in total. The van der Waals surface area contributed by atoms with E-state index in [1.165, 1.54) is 59.9 Å². The van der Waals surface area contributed by atoms with E-state index in [4.69, 9.17) is 0 Å². The summed E-state index contributed by atoms with van der Waals surface area (Å²) in [6.07, 6.45) is 0. The van der Waals surface area contributed by atoms with Gasteiger partial charge in [-0.3, -0.25) is 0 Å². The zero-order valence-corrected chi connectivity index (χ0v) is 27.1. The van der Waals surface area contributed by atoms with Crippen molar-refractivity contribution in [2.75, 3.05) is 10.2 Å². The summed E-state index contributed by atoms with van der Waals surface area (Å²) >= 11 is 1.90. The Labute approximate surface area is 285 Å². The average Bonchev–Trinajstić information content (AvgIpc) is 3.61. The second-order valence-electron chi connectivity index (χ2n) is 12.2. The molecule has 1 unspecified atom stereocenters. The number of benzene rings is 8. The summed E-state index contributed by atoms with van der Waals surface area (Å²) in [5.41, 5.74) is 10.7. The topological polar surface area (TPSA) is 15.3 Å². The van der Waals surface area contributed by atoms with Crippen LogP contribution in [0.1, 0.15) is 10.9 Å². The maximum absolute atomic E-state index is 3.87. The molecule has 0 fully saturated rings. The molecule has 0 aromatic heterocycles. The Morgan fingerprint density at radius 2 is 0.938 bits per heavy atom. The van der Waals surface area contributed by atoms with Crippen molar-refractivity contribution in [1.29, 1.82) is 0 Å². The molecule has 0 saturated carbocycles. The molecular weight excluding hydrogens is 601 g/mol. The van der Waals surface area contributed by atoms with Gasteiger partial charge in [0.15, 0.2) is 0 Å². The fourth-order valence-corrected chi connectivity index (χ4v) is 8.02. The van der Waals surface area contributed by atoms with Crippen LogP contribution in [0.25, 0.3) is 43.8 Å². The fourth-order valence-electron chi connectivity index (χ4n) is 6.87. The minimum atomic E-state index is 0.208. The second kappa shape index (κ2) is 12.1. The summed E-state index contributed by atoms with van der Waals surface area (Å²) in [4.78, 5) is 3.62. The molecule has 0 radical (unpaired) electrons. The Hall–Kier alpha value is -5.77. The maximum atomic E-state index is 3.87. The molecule has 1 atom stereocenters. The van der Waals surface area contributed by atoms with Crippen LogP contribution in [0.3, 0.4) is 0 Å². The largest absolute Gasteiger partial charge is 0.368 e. The fraction of sp³-hybridized carbons (Fsp3) is 0.0222. The molecule has 228 valence electrons. The molecule has 1 aliphatic rings. The van der Waals surface area contributed by atoms with Crippen LogP contribution in [0, 0.1) is 0 Å². The van der Waals surface area contributed by atoms with Gasteiger partial charge in [-0.1, -0.05) is 145 Å². The molecule has 3 heteroatoms. The van der Waals surface area contributed by atoms with Gasteiger partial charge in [0.05, 0.1) is 5.69 Å². The van der Waals surface area contributed by atoms with Gasteiger partial charge in [0.1, 0.15) is 5.37 Å². The summed E-state index contributed by atoms with van der Waals surface area (Å²) in [5, 5.41) is 9.15. The molecule has 0 aliphatic carbocycles. The highest BCUT2D eigenvalue weighted by atomic mass is 32.2. The molecule has 48 heavy (non-hydrogen) atoms. The van der Waals surface area contributed by atoms with Gasteiger partial charge in [0.2, 0.25) is 0 Å². The SMILES string of the molecule is c1ccc(-c2ccc(N(c3ccccc3)c3ccc(-c4ccc5ccc6ccc7c(c6c5c4)NC(c4ccccc4)S7)cc3)cc2)cc1. The first kappa shape index (κ1) is 28.5. The minimum Gasteiger partial charge on any atom is -0.368 e. The highest BCUT2D eigenvalue weighted by Gasteiger charge is 2.25. The minimum absolute atomic E-state index is 0.208. The average molecular weight is 633 g/mol. The predicted molar refractivity (Wildman–Crippen MR) is 206 cm³/mol. The van der Waals surface area contributed by atoms with Crippen molar-refractivity contribution < 1.29 is 0 Å². The van der Waals surface area contributed by atoms with Crippen LogP contribution in [-0.2, 0) is 0 Å². The standard InChI is InChI=1S/C45H32N2S/c1-4-10-31(11-5-1)32-20-25-39(26-21-32)47(38-14-8-3-9-15-38)40-27-22-33(23-28-40)37-19-17-34-16-18-35-24-29-42-44(43(35)41(34)30-37)46-45(48-42)36-12-6-2-7-13-36/h1-30,45-46H. The Bertz CT molecular complexity index is 2370. The van der Waals surface area contributed by atoms with E-state index in [0.29, 0.717) is 0 Å². The first-order chi connectivity index (χ1) is 23.8. The van der Waals surface area contributed by atoms with Gasteiger partial charge in [-0.2, -0.15) is 0 Å². The first-order valence-electron chi connectivity index (χ1n) is 16.4. The van der Waals surface area contributed by atoms with Crippen molar-refractivity contribution in [1.82, 2.24) is 0 Å². The van der Waals surface area contributed by atoms with Crippen LogP contribution < -0.4 is 10.2 Å². The van der Waals surface area contributed by atoms with Crippen LogP contribution in [0.2, 0.25) is 0 Å². The third-order valence-electron chi connectivity index (χ3n) is 9.29. The number of hydrogen-bond acceptors (Lipinski definition) is 3. The van der Waals surface area contributed by atoms with E-state index in [1.807, 2.05) is 11.8 Å². The molecule has 0 saturated heterocycles. The quantitative estimate of drug-likeness (QED) is 0.184. The van der Waals surface area contributed by atoms with Crippen LogP contribution in [0.15, 0.2) is 187 Å². The lowest BCUT2D eigenvalue weighted by atomic mass is 9.96. The molecule has 1 aliphatic heterocycles. The summed E-state index contributed by atoms with van der Waals surface area (Å²) in [5.74, 6) is 0. The van der Waals surface area contributed by atoms with Crippen LogP contribution in [0.5, 0.6) is 0 Å². The highest BCUT2D eigenvalue weighted by Crippen LogP contribution is 2.51. The third-order valence-corrected chi connectivity index (χ3v) is 10.5. The van der Waals surface area contributed by atoms with Crippen LogP contribution in [-0.4, -0.2) is 0 Å². The van der Waals surface area contributed by atoms with Gasteiger partial charge < -0.3 is 10.2 Å². The number of rotatable bonds is 6. The molecule has 8 aromatic rings. The van der Waals surface area contributed by atoms with Crippen molar-refractivity contribution in [2.24, 2.45) is 0 Å². The van der Waals surface area contributed by atoms with E-state index in [2.05, 4.69) is 192 Å². The molecule has 8 aromatic carbocycles. The second-order valence-corrected chi connectivity index (χ2v) is 13.4. The number of anilines is 4. The maximum Gasteiger partial charge on any atom is 0.103 e. The Morgan fingerprint density at radius 3 is 1.62 bits per heavy atom. The van der Waals surface area contributed by atoms with Crippen molar-refractivity contribution in [3.8, 4) is 22.3 Å². The van der Waals surface area contributed by atoms with Crippen LogP contribution >= 0.6 is 11.8 Å². The van der Waals surface area contributed by atoms with Gasteiger partial charge in [0, 0.05) is 27.3 Å². The Kier molecular flexibility index (Phi) is 7.18. The van der Waals surface area contributed by atoms with Crippen molar-refractivity contribution in [2.45, 2.75) is 10.3 Å². The van der Waals surface area contributed by atoms with E-state index in [9.17, 15) is 0 Å². The number of para-hydroxylation sites is 1. The lowest BCUT2D eigenvalue weighted by molar-refractivity contribution is 1.14. The van der Waals surface area contributed by atoms with Crippen molar-refractivity contribution in [3.63, 3.8) is 0 Å². The van der Waals surface area contributed by atoms with Crippen molar-refractivity contribution in [3.05, 3.63) is 188 Å². The van der Waals surface area contributed by atoms with Gasteiger partial charge in [-0.05, 0) is 92.5 Å². The normalized spacial score (nSPS) is 13.7. The molecule has 1 heterocycles. The molecular formula is C45H32N2S. The monoisotopic (exact) mass is 632 g/mol. The lowest BCUT2D eigenvalue weighted by Gasteiger charge is -2.26. The van der Waals surface area contributed by atoms with E-state index in [-0.39, 0.29) is 5.37 Å². The molecule has 9 rings (SSSR count). The summed E-state index contributed by atoms with van der Waals surface area (Å²) in [6, 6.07) is 65.6. The number of hydrogen-bond donors (Lipinski definition) is 1. The van der Waals surface area contributed by atoms with E-state index in [1.54, 1.807) is 0 Å². The number of fused-ring (bicyclic) bond motifs is 5. The zero-order chi connectivity index (χ0) is 31.9.